The van der Waals surface area contributed by atoms with Crippen molar-refractivity contribution in [3.8, 4) is 0 Å². The van der Waals surface area contributed by atoms with Gasteiger partial charge in [0.25, 0.3) is 5.91 Å². The molecular formula is C18H19N7O. The molecule has 1 unspecified atom stereocenters. The molecule has 1 atom stereocenters. The van der Waals surface area contributed by atoms with Crippen LogP contribution in [0.25, 0.3) is 0 Å². The maximum absolute atomic E-state index is 13.1. The van der Waals surface area contributed by atoms with Gasteiger partial charge in [0, 0.05) is 30.2 Å². The summed E-state index contributed by atoms with van der Waals surface area (Å²) in [7, 11) is 1.86. The van der Waals surface area contributed by atoms with Gasteiger partial charge in [0.1, 0.15) is 12.4 Å². The largest absolute Gasteiger partial charge is 0.328 e. The molecule has 0 saturated carbocycles. The van der Waals surface area contributed by atoms with E-state index in [-0.39, 0.29) is 5.91 Å². The van der Waals surface area contributed by atoms with Crippen molar-refractivity contribution in [2.75, 3.05) is 10.6 Å². The Hall–Kier alpha value is -3.42. The van der Waals surface area contributed by atoms with Gasteiger partial charge in [-0.05, 0) is 26.0 Å². The topological polar surface area (TPSA) is 89.7 Å². The number of aromatic nitrogens is 5. The van der Waals surface area contributed by atoms with E-state index in [9.17, 15) is 4.79 Å². The van der Waals surface area contributed by atoms with Crippen LogP contribution in [0.1, 0.15) is 24.2 Å². The fourth-order valence-electron chi connectivity index (χ4n) is 3.28. The lowest BCUT2D eigenvalue weighted by molar-refractivity contribution is -0.113. The van der Waals surface area contributed by atoms with E-state index in [4.69, 9.17) is 0 Å². The maximum Gasteiger partial charge on any atom is 0.255 e. The van der Waals surface area contributed by atoms with Gasteiger partial charge in [-0.2, -0.15) is 15.2 Å². The van der Waals surface area contributed by atoms with E-state index >= 15 is 0 Å². The van der Waals surface area contributed by atoms with Gasteiger partial charge in [-0.15, -0.1) is 0 Å². The number of para-hydroxylation sites is 1. The second-order valence-corrected chi connectivity index (χ2v) is 6.26. The minimum Gasteiger partial charge on any atom is -0.328 e. The highest BCUT2D eigenvalue weighted by molar-refractivity contribution is 6.06. The van der Waals surface area contributed by atoms with E-state index in [1.165, 1.54) is 6.33 Å². The third kappa shape index (κ3) is 2.65. The molecule has 0 spiro atoms. The molecule has 1 aliphatic rings. The van der Waals surface area contributed by atoms with Crippen LogP contribution in [0.15, 0.2) is 54.1 Å². The summed E-state index contributed by atoms with van der Waals surface area (Å²) in [5.41, 5.74) is 3.83. The Morgan fingerprint density at radius 1 is 1.23 bits per heavy atom. The number of hydrogen-bond acceptors (Lipinski definition) is 5. The molecule has 2 N–H and O–H groups in total. The van der Waals surface area contributed by atoms with Crippen LogP contribution in [0.2, 0.25) is 0 Å². The third-order valence-corrected chi connectivity index (χ3v) is 4.42. The SMILES string of the molecule is CC1=C(C(=O)Nc2ccccc2)C(c2cn(C)nc2C)n2ncnc2N1. The van der Waals surface area contributed by atoms with Crippen molar-refractivity contribution in [2.24, 2.45) is 7.05 Å². The van der Waals surface area contributed by atoms with E-state index in [1.54, 1.807) is 9.36 Å². The quantitative estimate of drug-likeness (QED) is 0.757. The first-order valence-electron chi connectivity index (χ1n) is 8.28. The highest BCUT2D eigenvalue weighted by atomic mass is 16.1. The number of rotatable bonds is 3. The van der Waals surface area contributed by atoms with Gasteiger partial charge in [-0.3, -0.25) is 9.48 Å². The molecular weight excluding hydrogens is 330 g/mol. The number of anilines is 2. The van der Waals surface area contributed by atoms with Crippen LogP contribution < -0.4 is 10.6 Å². The molecule has 8 heteroatoms. The summed E-state index contributed by atoms with van der Waals surface area (Å²) in [6.07, 6.45) is 3.40. The molecule has 1 amide bonds. The Balaban J connectivity index is 1.80. The zero-order chi connectivity index (χ0) is 18.3. The summed E-state index contributed by atoms with van der Waals surface area (Å²) in [6.45, 7) is 3.80. The van der Waals surface area contributed by atoms with Crippen LogP contribution >= 0.6 is 0 Å². The average Bonchev–Trinajstić information content (AvgIpc) is 3.20. The van der Waals surface area contributed by atoms with Crippen LogP contribution in [0.4, 0.5) is 11.6 Å². The van der Waals surface area contributed by atoms with Gasteiger partial charge in [-0.25, -0.2) is 4.68 Å². The number of nitrogens with zero attached hydrogens (tertiary/aromatic N) is 5. The van der Waals surface area contributed by atoms with E-state index in [1.807, 2.05) is 57.4 Å². The zero-order valence-electron chi connectivity index (χ0n) is 14.8. The number of aryl methyl sites for hydroxylation is 2. The molecule has 2 aromatic heterocycles. The van der Waals surface area contributed by atoms with Gasteiger partial charge in [0.15, 0.2) is 0 Å². The molecule has 0 aliphatic carbocycles. The normalized spacial score (nSPS) is 16.2. The molecule has 8 nitrogen and oxygen atoms in total. The van der Waals surface area contributed by atoms with Crippen molar-refractivity contribution < 1.29 is 4.79 Å². The second kappa shape index (κ2) is 6.14. The summed E-state index contributed by atoms with van der Waals surface area (Å²) >= 11 is 0. The van der Waals surface area contributed by atoms with Crippen molar-refractivity contribution in [1.82, 2.24) is 24.5 Å². The van der Waals surface area contributed by atoms with Crippen LogP contribution in [0.3, 0.4) is 0 Å². The Bertz CT molecular complexity index is 1000. The highest BCUT2D eigenvalue weighted by Gasteiger charge is 2.35. The molecule has 0 saturated heterocycles. The van der Waals surface area contributed by atoms with Gasteiger partial charge >= 0.3 is 0 Å². The van der Waals surface area contributed by atoms with Crippen LogP contribution in [0.5, 0.6) is 0 Å². The molecule has 0 bridgehead atoms. The minimum atomic E-state index is -0.397. The summed E-state index contributed by atoms with van der Waals surface area (Å²) in [6, 6.07) is 8.99. The number of fused-ring (bicyclic) bond motifs is 1. The predicted octanol–water partition coefficient (Wildman–Crippen LogP) is 2.25. The Morgan fingerprint density at radius 2 is 2.00 bits per heavy atom. The number of amides is 1. The van der Waals surface area contributed by atoms with Crippen molar-refractivity contribution in [3.05, 3.63) is 65.4 Å². The monoisotopic (exact) mass is 349 g/mol. The third-order valence-electron chi connectivity index (χ3n) is 4.42. The minimum absolute atomic E-state index is 0.185. The second-order valence-electron chi connectivity index (χ2n) is 6.26. The standard InChI is InChI=1S/C18H19N7O/c1-11-14(9-24(3)23-11)16-15(12(2)21-18-19-10-20-25(16)18)17(26)22-13-7-5-4-6-8-13/h4-10,16H,1-3H3,(H,22,26)(H,19,20,21). The fraction of sp³-hybridized carbons (Fsp3) is 0.222. The first kappa shape index (κ1) is 16.1. The number of carbonyl (C=O) groups excluding carboxylic acids is 1. The van der Waals surface area contributed by atoms with Gasteiger partial charge < -0.3 is 10.6 Å². The summed E-state index contributed by atoms with van der Waals surface area (Å²) in [5.74, 6) is 0.419. The molecule has 1 aromatic carbocycles. The van der Waals surface area contributed by atoms with Crippen LogP contribution in [0, 0.1) is 6.92 Å². The fourth-order valence-corrected chi connectivity index (χ4v) is 3.28. The van der Waals surface area contributed by atoms with Crippen molar-refractivity contribution in [2.45, 2.75) is 19.9 Å². The molecule has 0 radical (unpaired) electrons. The van der Waals surface area contributed by atoms with E-state index < -0.39 is 6.04 Å². The van der Waals surface area contributed by atoms with Crippen molar-refractivity contribution in [3.63, 3.8) is 0 Å². The number of allylic oxidation sites excluding steroid dienone is 1. The maximum atomic E-state index is 13.1. The van der Waals surface area contributed by atoms with Gasteiger partial charge in [0.2, 0.25) is 5.95 Å². The van der Waals surface area contributed by atoms with Gasteiger partial charge in [0.05, 0.1) is 11.3 Å². The average molecular weight is 349 g/mol. The molecule has 132 valence electrons. The smallest absolute Gasteiger partial charge is 0.255 e. The molecule has 3 aromatic rings. The van der Waals surface area contributed by atoms with Crippen molar-refractivity contribution >= 4 is 17.5 Å². The molecule has 4 rings (SSSR count). The van der Waals surface area contributed by atoms with Crippen molar-refractivity contribution in [1.29, 1.82) is 0 Å². The first-order valence-corrected chi connectivity index (χ1v) is 8.28. The summed E-state index contributed by atoms with van der Waals surface area (Å²) in [4.78, 5) is 17.4. The van der Waals surface area contributed by atoms with Crippen LogP contribution in [-0.2, 0) is 11.8 Å². The van der Waals surface area contributed by atoms with E-state index in [2.05, 4.69) is 25.8 Å². The number of nitrogens with one attached hydrogen (secondary N) is 2. The lowest BCUT2D eigenvalue weighted by Crippen LogP contribution is -2.31. The molecule has 26 heavy (non-hydrogen) atoms. The van der Waals surface area contributed by atoms with E-state index in [0.717, 1.165) is 22.6 Å². The first-order chi connectivity index (χ1) is 12.5. The Kier molecular flexibility index (Phi) is 3.80. The predicted molar refractivity (Wildman–Crippen MR) is 97.5 cm³/mol. The number of hydrogen-bond donors (Lipinski definition) is 2. The zero-order valence-corrected chi connectivity index (χ0v) is 14.8. The molecule has 3 heterocycles. The molecule has 1 aliphatic heterocycles. The van der Waals surface area contributed by atoms with Crippen LogP contribution in [-0.4, -0.2) is 30.5 Å². The molecule has 0 fully saturated rings. The van der Waals surface area contributed by atoms with Gasteiger partial charge in [-0.1, -0.05) is 18.2 Å². The Labute approximate surface area is 150 Å². The number of benzene rings is 1. The summed E-state index contributed by atoms with van der Waals surface area (Å²) in [5, 5.41) is 14.9. The highest BCUT2D eigenvalue weighted by Crippen LogP contribution is 2.36. The van der Waals surface area contributed by atoms with E-state index in [0.29, 0.717) is 11.5 Å². The number of carbonyl (C=O) groups is 1. The Morgan fingerprint density at radius 3 is 2.69 bits per heavy atom. The lowest BCUT2D eigenvalue weighted by Gasteiger charge is -2.28. The lowest BCUT2D eigenvalue weighted by atomic mass is 9.95. The summed E-state index contributed by atoms with van der Waals surface area (Å²) < 4.78 is 3.46.